The molecule has 3 nitrogen and oxygen atoms in total. The quantitative estimate of drug-likeness (QED) is 0.629. The van der Waals surface area contributed by atoms with Gasteiger partial charge in [0.1, 0.15) is 0 Å². The summed E-state index contributed by atoms with van der Waals surface area (Å²) in [5.74, 6) is 0. The van der Waals surface area contributed by atoms with Gasteiger partial charge in [0, 0.05) is 6.42 Å². The number of carbonyl (C=O) groups excluding carboxylic acids is 1. The van der Waals surface area contributed by atoms with Crippen LogP contribution in [0.25, 0.3) is 0 Å². The molecule has 0 N–H and O–H groups in total. The second-order valence-electron chi connectivity index (χ2n) is 2.43. The summed E-state index contributed by atoms with van der Waals surface area (Å²) in [5, 5.41) is 2.63. The van der Waals surface area contributed by atoms with E-state index < -0.39 is 6.04 Å². The van der Waals surface area contributed by atoms with Gasteiger partial charge in [-0.2, -0.15) is 4.91 Å². The van der Waals surface area contributed by atoms with Crippen LogP contribution in [-0.4, -0.2) is 12.3 Å². The molecule has 1 aromatic rings. The first-order valence-corrected chi connectivity index (χ1v) is 3.61. The Hall–Kier alpha value is -1.51. The van der Waals surface area contributed by atoms with Crippen LogP contribution in [0.1, 0.15) is 5.56 Å². The van der Waals surface area contributed by atoms with Crippen molar-refractivity contribution in [3.63, 3.8) is 0 Å². The number of rotatable bonds is 4. The molecule has 0 heterocycles. The van der Waals surface area contributed by atoms with Crippen LogP contribution in [0, 0.1) is 4.91 Å². The molecule has 1 atom stereocenters. The predicted molar refractivity (Wildman–Crippen MR) is 45.4 cm³/mol. The maximum Gasteiger partial charge on any atom is 0.229 e. The second-order valence-corrected chi connectivity index (χ2v) is 2.43. The van der Waals surface area contributed by atoms with Crippen molar-refractivity contribution in [3.8, 4) is 0 Å². The van der Waals surface area contributed by atoms with Gasteiger partial charge in [0.2, 0.25) is 6.29 Å². The molecular formula is C9H8NO2. The van der Waals surface area contributed by atoms with E-state index in [0.29, 0.717) is 6.42 Å². The van der Waals surface area contributed by atoms with E-state index in [-0.39, 0.29) is 0 Å². The monoisotopic (exact) mass is 162 g/mol. The molecule has 0 aliphatic rings. The standard InChI is InChI=1S/C9H8NO2/c11-7-9(10-12)6-8-4-2-1-3-5-8/h1-5,9H,6H2/t9-/m0/s1. The van der Waals surface area contributed by atoms with E-state index in [4.69, 9.17) is 0 Å². The molecule has 1 aromatic carbocycles. The Morgan fingerprint density at radius 1 is 1.33 bits per heavy atom. The zero-order valence-electron chi connectivity index (χ0n) is 6.43. The molecule has 0 amide bonds. The summed E-state index contributed by atoms with van der Waals surface area (Å²) in [6.07, 6.45) is 1.91. The number of benzene rings is 1. The van der Waals surface area contributed by atoms with Gasteiger partial charge >= 0.3 is 0 Å². The van der Waals surface area contributed by atoms with E-state index in [2.05, 4.69) is 5.18 Å². The van der Waals surface area contributed by atoms with Gasteiger partial charge in [-0.05, 0) is 5.56 Å². The van der Waals surface area contributed by atoms with Crippen molar-refractivity contribution in [1.29, 1.82) is 0 Å². The van der Waals surface area contributed by atoms with Gasteiger partial charge in [0.15, 0.2) is 6.04 Å². The zero-order chi connectivity index (χ0) is 8.81. The normalized spacial score (nSPS) is 12.0. The van der Waals surface area contributed by atoms with Crippen LogP contribution in [0.3, 0.4) is 0 Å². The lowest BCUT2D eigenvalue weighted by Crippen LogP contribution is -2.08. The van der Waals surface area contributed by atoms with Crippen molar-refractivity contribution in [3.05, 3.63) is 40.8 Å². The van der Waals surface area contributed by atoms with Crippen LogP contribution < -0.4 is 0 Å². The fourth-order valence-electron chi connectivity index (χ4n) is 0.938. The van der Waals surface area contributed by atoms with Crippen LogP contribution in [0.5, 0.6) is 0 Å². The summed E-state index contributed by atoms with van der Waals surface area (Å²) in [5.41, 5.74) is 0.922. The van der Waals surface area contributed by atoms with Crippen molar-refractivity contribution in [2.24, 2.45) is 5.18 Å². The lowest BCUT2D eigenvalue weighted by molar-refractivity contribution is 0.540. The molecular weight excluding hydrogens is 154 g/mol. The minimum atomic E-state index is -0.868. The highest BCUT2D eigenvalue weighted by Gasteiger charge is 2.07. The molecule has 0 aliphatic carbocycles. The van der Waals surface area contributed by atoms with Gasteiger partial charge in [-0.3, -0.25) is 4.79 Å². The summed E-state index contributed by atoms with van der Waals surface area (Å²) >= 11 is 0. The van der Waals surface area contributed by atoms with E-state index in [1.165, 1.54) is 0 Å². The molecule has 0 aliphatic heterocycles. The molecule has 1 rings (SSSR count). The molecule has 61 valence electrons. The Bertz CT molecular complexity index is 250. The molecule has 0 bridgehead atoms. The lowest BCUT2D eigenvalue weighted by Gasteiger charge is -1.99. The van der Waals surface area contributed by atoms with E-state index in [1.807, 2.05) is 30.3 Å². The predicted octanol–water partition coefficient (Wildman–Crippen LogP) is 1.47. The number of hydrogen-bond donors (Lipinski definition) is 0. The Kier molecular flexibility index (Phi) is 3.14. The minimum absolute atomic E-state index is 0.341. The Morgan fingerprint density at radius 2 is 2.00 bits per heavy atom. The van der Waals surface area contributed by atoms with E-state index in [9.17, 15) is 9.70 Å². The highest BCUT2D eigenvalue weighted by Crippen LogP contribution is 2.03. The maximum atomic E-state index is 10.1. The number of nitroso groups, excluding NO2 is 1. The third-order valence-corrected chi connectivity index (χ3v) is 1.54. The van der Waals surface area contributed by atoms with Crippen LogP contribution in [0.15, 0.2) is 35.5 Å². The van der Waals surface area contributed by atoms with Crippen molar-refractivity contribution in [2.75, 3.05) is 0 Å². The van der Waals surface area contributed by atoms with Gasteiger partial charge in [-0.1, -0.05) is 35.5 Å². The highest BCUT2D eigenvalue weighted by atomic mass is 16.3. The maximum absolute atomic E-state index is 10.1. The van der Waals surface area contributed by atoms with E-state index >= 15 is 0 Å². The molecule has 0 saturated carbocycles. The third kappa shape index (κ3) is 2.27. The fraction of sp³-hybridized carbons (Fsp3) is 0.222. The molecule has 0 spiro atoms. The van der Waals surface area contributed by atoms with Crippen LogP contribution >= 0.6 is 0 Å². The van der Waals surface area contributed by atoms with Gasteiger partial charge in [-0.25, -0.2) is 0 Å². The Labute approximate surface area is 70.4 Å². The summed E-state index contributed by atoms with van der Waals surface area (Å²) in [4.78, 5) is 20.1. The van der Waals surface area contributed by atoms with Crippen molar-refractivity contribution < 1.29 is 4.79 Å². The molecule has 3 heteroatoms. The average Bonchev–Trinajstić information content (AvgIpc) is 2.16. The zero-order valence-corrected chi connectivity index (χ0v) is 6.43. The van der Waals surface area contributed by atoms with Crippen LogP contribution in [-0.2, 0) is 11.2 Å². The summed E-state index contributed by atoms with van der Waals surface area (Å²) in [6.45, 7) is 0. The van der Waals surface area contributed by atoms with Crippen LogP contribution in [0.4, 0.5) is 0 Å². The first-order valence-electron chi connectivity index (χ1n) is 3.61. The molecule has 0 fully saturated rings. The topological polar surface area (TPSA) is 46.5 Å². The molecule has 12 heavy (non-hydrogen) atoms. The fourth-order valence-corrected chi connectivity index (χ4v) is 0.938. The minimum Gasteiger partial charge on any atom is -0.288 e. The molecule has 0 unspecified atom stereocenters. The van der Waals surface area contributed by atoms with Gasteiger partial charge in [0.25, 0.3) is 0 Å². The molecule has 0 aromatic heterocycles. The SMILES string of the molecule is O=[C][C@H](Cc1ccccc1)N=O. The number of nitrogens with zero attached hydrogens (tertiary/aromatic N) is 1. The lowest BCUT2D eigenvalue weighted by atomic mass is 10.1. The van der Waals surface area contributed by atoms with Gasteiger partial charge in [0.05, 0.1) is 0 Å². The summed E-state index contributed by atoms with van der Waals surface area (Å²) < 4.78 is 0. The smallest absolute Gasteiger partial charge is 0.229 e. The van der Waals surface area contributed by atoms with E-state index in [0.717, 1.165) is 5.56 Å². The first kappa shape index (κ1) is 8.59. The first-order chi connectivity index (χ1) is 5.86. The highest BCUT2D eigenvalue weighted by molar-refractivity contribution is 5.59. The molecule has 0 saturated heterocycles. The van der Waals surface area contributed by atoms with Gasteiger partial charge < -0.3 is 0 Å². The van der Waals surface area contributed by atoms with Crippen LogP contribution in [0.2, 0.25) is 0 Å². The largest absolute Gasteiger partial charge is 0.288 e. The van der Waals surface area contributed by atoms with Crippen molar-refractivity contribution in [1.82, 2.24) is 0 Å². The Morgan fingerprint density at radius 3 is 2.50 bits per heavy atom. The third-order valence-electron chi connectivity index (χ3n) is 1.54. The molecule has 1 radical (unpaired) electrons. The van der Waals surface area contributed by atoms with Crippen molar-refractivity contribution >= 4 is 6.29 Å². The van der Waals surface area contributed by atoms with Gasteiger partial charge in [-0.15, -0.1) is 0 Å². The number of hydrogen-bond acceptors (Lipinski definition) is 3. The summed E-state index contributed by atoms with van der Waals surface area (Å²) in [6, 6.07) is 8.39. The summed E-state index contributed by atoms with van der Waals surface area (Å²) in [7, 11) is 0. The Balaban J connectivity index is 2.62. The average molecular weight is 162 g/mol. The van der Waals surface area contributed by atoms with Crippen molar-refractivity contribution in [2.45, 2.75) is 12.5 Å². The van der Waals surface area contributed by atoms with E-state index in [1.54, 1.807) is 6.29 Å². The second kappa shape index (κ2) is 4.38.